The molecule has 0 atom stereocenters. The lowest BCUT2D eigenvalue weighted by Crippen LogP contribution is -2.03. The first-order valence-corrected chi connectivity index (χ1v) is 5.74. The Bertz CT molecular complexity index is 833. The van der Waals surface area contributed by atoms with Crippen LogP contribution in [-0.2, 0) is 0 Å². The first kappa shape index (κ1) is 11.4. The zero-order valence-corrected chi connectivity index (χ0v) is 10.1. The molecule has 0 saturated carbocycles. The molecule has 5 nitrogen and oxygen atoms in total. The molecule has 1 heterocycles. The van der Waals surface area contributed by atoms with E-state index < -0.39 is 5.88 Å². The zero-order chi connectivity index (χ0) is 13.6. The molecule has 0 radical (unpaired) electrons. The van der Waals surface area contributed by atoms with Crippen molar-refractivity contribution in [2.24, 2.45) is 5.18 Å². The first-order valence-electron chi connectivity index (χ1n) is 5.74. The average Bonchev–Trinajstić information content (AvgIpc) is 2.70. The van der Waals surface area contributed by atoms with Gasteiger partial charge >= 0.3 is 0 Å². The van der Waals surface area contributed by atoms with E-state index in [9.17, 15) is 14.8 Å². The second-order valence-corrected chi connectivity index (χ2v) is 4.30. The number of hydrogen-bond donors (Lipinski definition) is 1. The van der Waals surface area contributed by atoms with E-state index in [1.165, 1.54) is 6.92 Å². The number of hydrogen-bond acceptors (Lipinski definition) is 4. The molecule has 0 aliphatic heterocycles. The van der Waals surface area contributed by atoms with E-state index in [4.69, 9.17) is 0 Å². The largest absolute Gasteiger partial charge is 0.493 e. The van der Waals surface area contributed by atoms with Gasteiger partial charge < -0.3 is 5.11 Å². The number of benzene rings is 2. The second kappa shape index (κ2) is 3.91. The molecule has 0 amide bonds. The molecule has 0 bridgehead atoms. The van der Waals surface area contributed by atoms with Crippen molar-refractivity contribution < 1.29 is 9.90 Å². The quantitative estimate of drug-likeness (QED) is 0.675. The number of carbonyl (C=O) groups excluding carboxylic acids is 1. The average molecular weight is 254 g/mol. The van der Waals surface area contributed by atoms with E-state index in [0.717, 1.165) is 15.3 Å². The smallest absolute Gasteiger partial charge is 0.230 e. The van der Waals surface area contributed by atoms with Gasteiger partial charge in [-0.3, -0.25) is 4.79 Å². The predicted molar refractivity (Wildman–Crippen MR) is 72.9 cm³/mol. The van der Waals surface area contributed by atoms with E-state index in [-0.39, 0.29) is 11.6 Å². The number of fused-ring (bicyclic) bond motifs is 3. The van der Waals surface area contributed by atoms with Gasteiger partial charge in [0.05, 0.1) is 5.52 Å². The van der Waals surface area contributed by atoms with E-state index in [0.29, 0.717) is 10.9 Å². The minimum Gasteiger partial charge on any atom is -0.493 e. The maximum absolute atomic E-state index is 11.6. The van der Waals surface area contributed by atoms with Gasteiger partial charge in [-0.2, -0.15) is 0 Å². The van der Waals surface area contributed by atoms with Crippen molar-refractivity contribution in [3.63, 3.8) is 0 Å². The van der Waals surface area contributed by atoms with Crippen LogP contribution in [0.3, 0.4) is 0 Å². The van der Waals surface area contributed by atoms with Gasteiger partial charge in [0, 0.05) is 12.3 Å². The van der Waals surface area contributed by atoms with Gasteiger partial charge in [0.2, 0.25) is 11.8 Å². The number of rotatable bonds is 1. The molecule has 0 fully saturated rings. The molecule has 3 rings (SSSR count). The van der Waals surface area contributed by atoms with Crippen molar-refractivity contribution >= 4 is 33.3 Å². The van der Waals surface area contributed by atoms with Crippen molar-refractivity contribution in [2.45, 2.75) is 6.92 Å². The van der Waals surface area contributed by atoms with Crippen LogP contribution in [0.1, 0.15) is 11.7 Å². The Morgan fingerprint density at radius 3 is 2.63 bits per heavy atom. The summed E-state index contributed by atoms with van der Waals surface area (Å²) in [5.74, 6) is -0.776. The van der Waals surface area contributed by atoms with Crippen LogP contribution in [0.2, 0.25) is 0 Å². The van der Waals surface area contributed by atoms with E-state index >= 15 is 0 Å². The molecule has 1 aromatic heterocycles. The molecule has 0 spiro atoms. The summed E-state index contributed by atoms with van der Waals surface area (Å²) in [7, 11) is 0. The molecule has 19 heavy (non-hydrogen) atoms. The normalized spacial score (nSPS) is 11.0. The van der Waals surface area contributed by atoms with Gasteiger partial charge in [0.25, 0.3) is 0 Å². The number of carbonyl (C=O) groups is 1. The van der Waals surface area contributed by atoms with Crippen LogP contribution < -0.4 is 0 Å². The summed E-state index contributed by atoms with van der Waals surface area (Å²) in [5, 5.41) is 15.1. The Balaban J connectivity index is 2.63. The number of nitroso groups, excluding NO2 is 1. The van der Waals surface area contributed by atoms with Crippen molar-refractivity contribution in [2.75, 3.05) is 0 Å². The highest BCUT2D eigenvalue weighted by Gasteiger charge is 2.21. The Morgan fingerprint density at radius 1 is 1.21 bits per heavy atom. The van der Waals surface area contributed by atoms with Gasteiger partial charge in [-0.25, -0.2) is 4.57 Å². The van der Waals surface area contributed by atoms with Gasteiger partial charge in [0.1, 0.15) is 0 Å². The van der Waals surface area contributed by atoms with Crippen molar-refractivity contribution in [3.05, 3.63) is 41.3 Å². The Hall–Kier alpha value is -2.69. The first-order chi connectivity index (χ1) is 9.15. The second-order valence-electron chi connectivity index (χ2n) is 4.30. The molecule has 94 valence electrons. The molecule has 0 aliphatic carbocycles. The number of nitrogens with zero attached hydrogens (tertiary/aromatic N) is 2. The topological polar surface area (TPSA) is 71.7 Å². The maximum atomic E-state index is 11.6. The highest BCUT2D eigenvalue weighted by molar-refractivity contribution is 6.16. The Kier molecular flexibility index (Phi) is 2.35. The molecule has 5 heteroatoms. The fourth-order valence-electron chi connectivity index (χ4n) is 2.43. The summed E-state index contributed by atoms with van der Waals surface area (Å²) in [6.07, 6.45) is 0. The van der Waals surface area contributed by atoms with Crippen LogP contribution in [0.15, 0.2) is 41.6 Å². The van der Waals surface area contributed by atoms with Gasteiger partial charge in [-0.1, -0.05) is 30.3 Å². The Labute approximate surface area is 108 Å². The lowest BCUT2D eigenvalue weighted by Gasteiger charge is -2.02. The summed E-state index contributed by atoms with van der Waals surface area (Å²) in [4.78, 5) is 22.6. The lowest BCUT2D eigenvalue weighted by molar-refractivity contribution is 0.0933. The molecule has 3 aromatic rings. The number of aromatic hydroxyl groups is 1. The van der Waals surface area contributed by atoms with E-state index in [2.05, 4.69) is 5.18 Å². The van der Waals surface area contributed by atoms with Gasteiger partial charge in [-0.15, -0.1) is 4.91 Å². The summed E-state index contributed by atoms with van der Waals surface area (Å²) < 4.78 is 1.10. The summed E-state index contributed by atoms with van der Waals surface area (Å²) in [6.45, 7) is 1.32. The minimum absolute atomic E-state index is 0.0954. The van der Waals surface area contributed by atoms with Crippen molar-refractivity contribution in [1.82, 2.24) is 4.57 Å². The minimum atomic E-state index is -0.408. The highest BCUT2D eigenvalue weighted by Crippen LogP contribution is 2.42. The van der Waals surface area contributed by atoms with Gasteiger partial charge in [0.15, 0.2) is 5.69 Å². The highest BCUT2D eigenvalue weighted by atomic mass is 16.3. The van der Waals surface area contributed by atoms with Crippen LogP contribution in [0.4, 0.5) is 5.69 Å². The maximum Gasteiger partial charge on any atom is 0.230 e. The van der Waals surface area contributed by atoms with Crippen LogP contribution in [0.25, 0.3) is 21.7 Å². The Morgan fingerprint density at radius 2 is 1.95 bits per heavy atom. The molecular weight excluding hydrogens is 244 g/mol. The monoisotopic (exact) mass is 254 g/mol. The van der Waals surface area contributed by atoms with E-state index in [1.807, 2.05) is 30.3 Å². The SMILES string of the molecule is CC(=O)n1c(O)c(N=O)c2c3ccccc3ccc21. The molecule has 0 unspecified atom stereocenters. The predicted octanol–water partition coefficient (Wildman–Crippen LogP) is 3.56. The standard InChI is InChI=1S/C14H10N2O3/c1-8(17)16-11-7-6-9-4-2-3-5-10(9)12(11)13(15-19)14(16)18/h2-7,18H,1H3. The summed E-state index contributed by atoms with van der Waals surface area (Å²) in [5.41, 5.74) is 0.389. The van der Waals surface area contributed by atoms with Crippen LogP contribution in [-0.4, -0.2) is 15.6 Å². The van der Waals surface area contributed by atoms with Crippen LogP contribution in [0.5, 0.6) is 5.88 Å². The third-order valence-corrected chi connectivity index (χ3v) is 3.21. The van der Waals surface area contributed by atoms with Crippen molar-refractivity contribution in [1.29, 1.82) is 0 Å². The molecule has 2 aromatic carbocycles. The molecular formula is C14H10N2O3. The van der Waals surface area contributed by atoms with Crippen LogP contribution >= 0.6 is 0 Å². The summed E-state index contributed by atoms with van der Waals surface area (Å²) in [6, 6.07) is 11.0. The van der Waals surface area contributed by atoms with Gasteiger partial charge in [-0.05, 0) is 22.0 Å². The van der Waals surface area contributed by atoms with Crippen molar-refractivity contribution in [3.8, 4) is 5.88 Å². The molecule has 0 aliphatic rings. The fourth-order valence-corrected chi connectivity index (χ4v) is 2.43. The molecule has 0 saturated heterocycles. The third-order valence-electron chi connectivity index (χ3n) is 3.21. The zero-order valence-electron chi connectivity index (χ0n) is 10.1. The fraction of sp³-hybridized carbons (Fsp3) is 0.0714. The van der Waals surface area contributed by atoms with E-state index in [1.54, 1.807) is 6.07 Å². The molecule has 1 N–H and O–H groups in total. The van der Waals surface area contributed by atoms with Crippen LogP contribution in [0, 0.1) is 4.91 Å². The number of aromatic nitrogens is 1. The third kappa shape index (κ3) is 1.45. The summed E-state index contributed by atoms with van der Waals surface area (Å²) >= 11 is 0. The lowest BCUT2D eigenvalue weighted by atomic mass is 10.1.